The number of hydrazine groups is 1. The molecule has 9 heteroatoms. The van der Waals surface area contributed by atoms with Crippen molar-refractivity contribution in [3.63, 3.8) is 0 Å². The second-order valence-electron chi connectivity index (χ2n) is 6.21. The number of halogens is 2. The lowest BCUT2D eigenvalue weighted by atomic mass is 10.2. The molecule has 2 aromatic rings. The molecule has 2 rings (SSSR count). The van der Waals surface area contributed by atoms with Gasteiger partial charge in [-0.15, -0.1) is 0 Å². The molecule has 0 radical (unpaired) electrons. The van der Waals surface area contributed by atoms with E-state index in [0.29, 0.717) is 34.4 Å². The van der Waals surface area contributed by atoms with E-state index in [1.54, 1.807) is 42.5 Å². The zero-order valence-electron chi connectivity index (χ0n) is 15.2. The molecule has 0 aromatic heterocycles. The fraction of sp³-hybridized carbons (Fsp3) is 0.211. The highest BCUT2D eigenvalue weighted by atomic mass is 79.9. The molecule has 0 spiro atoms. The third-order valence-electron chi connectivity index (χ3n) is 3.38. The van der Waals surface area contributed by atoms with E-state index >= 15 is 0 Å². The first-order chi connectivity index (χ1) is 13.3. The minimum absolute atomic E-state index is 0.0536. The molecule has 2 aromatic carbocycles. The van der Waals surface area contributed by atoms with Crippen LogP contribution in [0.5, 0.6) is 5.75 Å². The number of amides is 2. The quantitative estimate of drug-likeness (QED) is 0.440. The van der Waals surface area contributed by atoms with E-state index in [1.807, 2.05) is 13.8 Å². The van der Waals surface area contributed by atoms with Crippen LogP contribution in [0.4, 0.5) is 0 Å². The van der Waals surface area contributed by atoms with E-state index in [2.05, 4.69) is 32.1 Å². The second-order valence-corrected chi connectivity index (χ2v) is 7.97. The van der Waals surface area contributed by atoms with Gasteiger partial charge < -0.3 is 4.74 Å². The number of hydrogen-bond acceptors (Lipinski definition) is 4. The lowest BCUT2D eigenvalue weighted by Gasteiger charge is -2.15. The first kappa shape index (κ1) is 22.1. The summed E-state index contributed by atoms with van der Waals surface area (Å²) in [5.74, 6) is -0.122. The first-order valence-corrected chi connectivity index (χ1v) is 9.93. The maximum atomic E-state index is 12.6. The Morgan fingerprint density at radius 2 is 1.79 bits per heavy atom. The average molecular weight is 485 g/mol. The standard InChI is InChI=1S/C19H19BrClN3O3S/c1-11(2)10-27-16-8-5-13(20)9-15(16)18(26)22-19(28)24-23-17(25)12-3-6-14(21)7-4-12/h3-9,11H,10H2,1-2H3,(H,23,25)(H2,22,24,26,28). The van der Waals surface area contributed by atoms with Crippen molar-refractivity contribution in [3.8, 4) is 5.75 Å². The Bertz CT molecular complexity index is 875. The van der Waals surface area contributed by atoms with Gasteiger partial charge in [0.2, 0.25) is 0 Å². The SMILES string of the molecule is CC(C)COc1ccc(Br)cc1C(=O)NC(=S)NNC(=O)c1ccc(Cl)cc1. The molecule has 0 fully saturated rings. The van der Waals surface area contributed by atoms with Crippen molar-refractivity contribution in [3.05, 3.63) is 63.1 Å². The lowest BCUT2D eigenvalue weighted by Crippen LogP contribution is -2.48. The normalized spacial score (nSPS) is 10.3. The summed E-state index contributed by atoms with van der Waals surface area (Å²) in [4.78, 5) is 24.6. The molecule has 0 saturated carbocycles. The number of rotatable bonds is 5. The van der Waals surface area contributed by atoms with Gasteiger partial charge in [0.25, 0.3) is 11.8 Å². The summed E-state index contributed by atoms with van der Waals surface area (Å²) in [5.41, 5.74) is 5.62. The van der Waals surface area contributed by atoms with Crippen molar-refractivity contribution in [2.24, 2.45) is 5.92 Å². The molecule has 0 bridgehead atoms. The molecule has 0 heterocycles. The predicted octanol–water partition coefficient (Wildman–Crippen LogP) is 4.09. The third kappa shape index (κ3) is 6.78. The van der Waals surface area contributed by atoms with Crippen molar-refractivity contribution in [1.82, 2.24) is 16.2 Å². The van der Waals surface area contributed by atoms with E-state index in [4.69, 9.17) is 28.6 Å². The van der Waals surface area contributed by atoms with Crippen LogP contribution in [0.1, 0.15) is 34.6 Å². The van der Waals surface area contributed by atoms with Crippen LogP contribution in [0.25, 0.3) is 0 Å². The molecule has 2 amide bonds. The highest BCUT2D eigenvalue weighted by Crippen LogP contribution is 2.23. The molecule has 6 nitrogen and oxygen atoms in total. The first-order valence-electron chi connectivity index (χ1n) is 8.36. The molecule has 0 atom stereocenters. The van der Waals surface area contributed by atoms with Gasteiger partial charge in [0.15, 0.2) is 5.11 Å². The Hall–Kier alpha value is -2.16. The fourth-order valence-corrected chi connectivity index (χ4v) is 2.68. The molecule has 0 aliphatic heterocycles. The number of ether oxygens (including phenoxy) is 1. The minimum Gasteiger partial charge on any atom is -0.492 e. The molecular formula is C19H19BrClN3O3S. The number of thiocarbonyl (C=S) groups is 1. The van der Waals surface area contributed by atoms with Gasteiger partial charge in [-0.25, -0.2) is 0 Å². The smallest absolute Gasteiger partial charge is 0.269 e. The monoisotopic (exact) mass is 483 g/mol. The van der Waals surface area contributed by atoms with Crippen LogP contribution in [0.3, 0.4) is 0 Å². The van der Waals surface area contributed by atoms with Crippen molar-refractivity contribution in [2.75, 3.05) is 6.61 Å². The second kappa shape index (κ2) is 10.4. The largest absolute Gasteiger partial charge is 0.492 e. The van der Waals surface area contributed by atoms with Crippen molar-refractivity contribution in [2.45, 2.75) is 13.8 Å². The van der Waals surface area contributed by atoms with E-state index in [-0.39, 0.29) is 5.11 Å². The van der Waals surface area contributed by atoms with Crippen LogP contribution in [0.2, 0.25) is 5.02 Å². The van der Waals surface area contributed by atoms with E-state index in [0.717, 1.165) is 4.47 Å². The van der Waals surface area contributed by atoms with Crippen LogP contribution in [-0.2, 0) is 0 Å². The van der Waals surface area contributed by atoms with E-state index in [9.17, 15) is 9.59 Å². The van der Waals surface area contributed by atoms with Gasteiger partial charge in [-0.1, -0.05) is 41.4 Å². The van der Waals surface area contributed by atoms with Crippen molar-refractivity contribution in [1.29, 1.82) is 0 Å². The fourth-order valence-electron chi connectivity index (χ4n) is 2.05. The Balaban J connectivity index is 1.96. The van der Waals surface area contributed by atoms with Crippen LogP contribution < -0.4 is 20.9 Å². The highest BCUT2D eigenvalue weighted by molar-refractivity contribution is 9.10. The molecule has 3 N–H and O–H groups in total. The Labute approximate surface area is 182 Å². The molecule has 28 heavy (non-hydrogen) atoms. The molecule has 148 valence electrons. The number of hydrogen-bond donors (Lipinski definition) is 3. The maximum Gasteiger partial charge on any atom is 0.269 e. The van der Waals surface area contributed by atoms with Gasteiger partial charge >= 0.3 is 0 Å². The predicted molar refractivity (Wildman–Crippen MR) is 117 cm³/mol. The van der Waals surface area contributed by atoms with Crippen LogP contribution >= 0.6 is 39.7 Å². The van der Waals surface area contributed by atoms with Gasteiger partial charge in [0, 0.05) is 15.1 Å². The van der Waals surface area contributed by atoms with Crippen molar-refractivity contribution < 1.29 is 14.3 Å². The Morgan fingerprint density at radius 3 is 2.43 bits per heavy atom. The van der Waals surface area contributed by atoms with Gasteiger partial charge in [-0.05, 0) is 60.6 Å². The summed E-state index contributed by atoms with van der Waals surface area (Å²) in [5, 5.41) is 2.98. The van der Waals surface area contributed by atoms with Gasteiger partial charge in [0.05, 0.1) is 12.2 Å². The Morgan fingerprint density at radius 1 is 1.11 bits per heavy atom. The van der Waals surface area contributed by atoms with Crippen LogP contribution in [-0.4, -0.2) is 23.5 Å². The maximum absolute atomic E-state index is 12.6. The molecule has 0 saturated heterocycles. The highest BCUT2D eigenvalue weighted by Gasteiger charge is 2.16. The molecule has 0 aliphatic carbocycles. The summed E-state index contributed by atoms with van der Waals surface area (Å²) in [6.07, 6.45) is 0. The number of benzene rings is 2. The lowest BCUT2D eigenvalue weighted by molar-refractivity contribution is 0.0933. The average Bonchev–Trinajstić information content (AvgIpc) is 2.65. The third-order valence-corrected chi connectivity index (χ3v) is 4.33. The molecular weight excluding hydrogens is 466 g/mol. The number of carbonyl (C=O) groups excluding carboxylic acids is 2. The van der Waals surface area contributed by atoms with Gasteiger partial charge in [0.1, 0.15) is 5.75 Å². The van der Waals surface area contributed by atoms with E-state index < -0.39 is 11.8 Å². The summed E-state index contributed by atoms with van der Waals surface area (Å²) in [6, 6.07) is 11.5. The minimum atomic E-state index is -0.460. The zero-order chi connectivity index (χ0) is 20.7. The number of nitrogens with one attached hydrogen (secondary N) is 3. The summed E-state index contributed by atoms with van der Waals surface area (Å²) < 4.78 is 6.42. The van der Waals surface area contributed by atoms with Gasteiger partial charge in [-0.2, -0.15) is 0 Å². The topological polar surface area (TPSA) is 79.5 Å². The van der Waals surface area contributed by atoms with Gasteiger partial charge in [-0.3, -0.25) is 25.8 Å². The Kier molecular flexibility index (Phi) is 8.22. The summed E-state index contributed by atoms with van der Waals surface area (Å²) >= 11 is 14.2. The molecule has 0 aliphatic rings. The summed E-state index contributed by atoms with van der Waals surface area (Å²) in [6.45, 7) is 4.50. The molecule has 0 unspecified atom stereocenters. The van der Waals surface area contributed by atoms with Crippen LogP contribution in [0, 0.1) is 5.92 Å². The zero-order valence-corrected chi connectivity index (χ0v) is 18.4. The van der Waals surface area contributed by atoms with Crippen molar-refractivity contribution >= 4 is 56.7 Å². The summed E-state index contributed by atoms with van der Waals surface area (Å²) in [7, 11) is 0. The number of carbonyl (C=O) groups is 2. The van der Waals surface area contributed by atoms with E-state index in [1.165, 1.54) is 0 Å². The van der Waals surface area contributed by atoms with Crippen LogP contribution in [0.15, 0.2) is 46.9 Å².